The van der Waals surface area contributed by atoms with Gasteiger partial charge in [-0.15, -0.1) is 0 Å². The first kappa shape index (κ1) is 22.8. The molecule has 0 aromatic rings. The second-order valence-electron chi connectivity index (χ2n) is 0.993. The molecule has 0 saturated carbocycles. The maximum absolute atomic E-state index is 7.57. The van der Waals surface area contributed by atoms with Crippen LogP contribution in [0.1, 0.15) is 6.92 Å². The minimum atomic E-state index is -0.500. The normalized spacial score (nSPS) is 5.50. The summed E-state index contributed by atoms with van der Waals surface area (Å²) in [5, 5.41) is 21.7. The van der Waals surface area contributed by atoms with Crippen LogP contribution < -0.4 is 11.5 Å². The van der Waals surface area contributed by atoms with Gasteiger partial charge in [0.25, 0.3) is 10.3 Å². The molecule has 8 heteroatoms. The van der Waals surface area contributed by atoms with Crippen molar-refractivity contribution in [1.82, 2.24) is 0 Å². The summed E-state index contributed by atoms with van der Waals surface area (Å²) in [7, 11) is 0. The van der Waals surface area contributed by atoms with E-state index in [0.717, 1.165) is 0 Å². The van der Waals surface area contributed by atoms with Gasteiger partial charge in [0, 0.05) is 6.61 Å². The third kappa shape index (κ3) is 7800. The van der Waals surface area contributed by atoms with E-state index in [0.29, 0.717) is 0 Å². The number of hydrogen-bond donors (Lipinski definition) is 5. The van der Waals surface area contributed by atoms with E-state index in [1.54, 1.807) is 6.92 Å². The molecule has 0 unspecified atom stereocenters. The first-order valence-electron chi connectivity index (χ1n) is 2.46. The van der Waals surface area contributed by atoms with Crippen LogP contribution in [0.5, 0.6) is 0 Å². The maximum atomic E-state index is 7.57. The zero-order valence-corrected chi connectivity index (χ0v) is 7.65. The number of rotatable bonds is 0. The second kappa shape index (κ2) is 22.5. The molecule has 0 heterocycles. The molecule has 0 aliphatic heterocycles. The Hall–Kier alpha value is 0.340. The molecular formula is C4H13N2NaO3S2. The molecule has 0 bridgehead atoms. The van der Waals surface area contributed by atoms with Gasteiger partial charge in [-0.3, -0.25) is 0 Å². The summed E-state index contributed by atoms with van der Waals surface area (Å²) in [5.74, 6) is 0. The number of thiocarbonyl (C=S) groups is 2. The summed E-state index contributed by atoms with van der Waals surface area (Å²) in [4.78, 5) is 0. The molecule has 7 N–H and O–H groups in total. The van der Waals surface area contributed by atoms with Crippen molar-refractivity contribution in [1.29, 1.82) is 0 Å². The summed E-state index contributed by atoms with van der Waals surface area (Å²) in [5.41, 5.74) is 8.80. The summed E-state index contributed by atoms with van der Waals surface area (Å²) in [6, 6.07) is 0. The van der Waals surface area contributed by atoms with Gasteiger partial charge in [-0.2, -0.15) is 0 Å². The fourth-order valence-corrected chi connectivity index (χ4v) is 0. The van der Waals surface area contributed by atoms with E-state index in [-0.39, 0.29) is 36.2 Å². The molecule has 5 nitrogen and oxygen atoms in total. The van der Waals surface area contributed by atoms with Gasteiger partial charge in [-0.1, -0.05) is 0 Å². The van der Waals surface area contributed by atoms with E-state index in [9.17, 15) is 0 Å². The topological polar surface area (TPSA) is 113 Å². The molecule has 0 aliphatic carbocycles. The average Bonchev–Trinajstić information content (AvgIpc) is 1.60. The third-order valence-corrected chi connectivity index (χ3v) is 0. The quantitative estimate of drug-likeness (QED) is 0.263. The Balaban J connectivity index is -0.0000000389. The molecule has 12 heavy (non-hydrogen) atoms. The molecule has 0 atom stereocenters. The molecule has 0 saturated heterocycles. The Kier molecular flexibility index (Phi) is 42.8. The van der Waals surface area contributed by atoms with Gasteiger partial charge in [0.15, 0.2) is 0 Å². The van der Waals surface area contributed by atoms with E-state index in [4.69, 9.17) is 15.3 Å². The predicted molar refractivity (Wildman–Crippen MR) is 58.7 cm³/mol. The molecule has 0 aromatic carbocycles. The van der Waals surface area contributed by atoms with Gasteiger partial charge in [0.1, 0.15) is 0 Å². The summed E-state index contributed by atoms with van der Waals surface area (Å²) in [6.45, 7) is 1.93. The van der Waals surface area contributed by atoms with Gasteiger partial charge in [0.05, 0.1) is 0 Å². The van der Waals surface area contributed by atoms with Crippen LogP contribution in [0, 0.1) is 0 Å². The first-order valence-corrected chi connectivity index (χ1v) is 3.27. The summed E-state index contributed by atoms with van der Waals surface area (Å²) in [6.07, 6.45) is 0. The Morgan fingerprint density at radius 3 is 1.17 bits per heavy atom. The Morgan fingerprint density at radius 1 is 1.17 bits per heavy atom. The van der Waals surface area contributed by atoms with Crippen LogP contribution in [-0.2, 0) is 0 Å². The molecule has 70 valence electrons. The molecule has 0 aliphatic rings. The van der Waals surface area contributed by atoms with Gasteiger partial charge in [-0.25, -0.2) is 0 Å². The van der Waals surface area contributed by atoms with Crippen molar-refractivity contribution in [2.45, 2.75) is 6.92 Å². The van der Waals surface area contributed by atoms with E-state index in [1.165, 1.54) is 0 Å². The van der Waals surface area contributed by atoms with Gasteiger partial charge >= 0.3 is 29.6 Å². The molecular weight excluding hydrogens is 211 g/mol. The fraction of sp³-hybridized carbons (Fsp3) is 0.500. The molecule has 0 aromatic heterocycles. The van der Waals surface area contributed by atoms with E-state index in [2.05, 4.69) is 35.9 Å². The van der Waals surface area contributed by atoms with Gasteiger partial charge < -0.3 is 26.8 Å². The number of aliphatic hydroxyl groups is 3. The van der Waals surface area contributed by atoms with E-state index >= 15 is 0 Å². The van der Waals surface area contributed by atoms with Gasteiger partial charge in [0.2, 0.25) is 0 Å². The molecule has 0 radical (unpaired) electrons. The average molecular weight is 224 g/mol. The summed E-state index contributed by atoms with van der Waals surface area (Å²) >= 11 is 7.74. The van der Waals surface area contributed by atoms with Crippen LogP contribution >= 0.6 is 24.4 Å². The van der Waals surface area contributed by atoms with Crippen LogP contribution in [0.3, 0.4) is 0 Å². The third-order valence-electron chi connectivity index (χ3n) is 0. The Labute approximate surface area is 104 Å². The van der Waals surface area contributed by atoms with Crippen LogP contribution in [0.15, 0.2) is 0 Å². The van der Waals surface area contributed by atoms with E-state index < -0.39 is 10.3 Å². The van der Waals surface area contributed by atoms with Crippen LogP contribution in [0.2, 0.25) is 0 Å². The predicted octanol–water partition coefficient (Wildman–Crippen LogP) is -1.07. The minimum absolute atomic E-state index is 0. The van der Waals surface area contributed by atoms with Crippen LogP contribution in [0.25, 0.3) is 0 Å². The van der Waals surface area contributed by atoms with Crippen molar-refractivity contribution in [3.8, 4) is 0 Å². The first-order chi connectivity index (χ1) is 4.88. The van der Waals surface area contributed by atoms with Crippen molar-refractivity contribution in [2.75, 3.05) is 6.61 Å². The van der Waals surface area contributed by atoms with Crippen molar-refractivity contribution >= 4 is 64.3 Å². The van der Waals surface area contributed by atoms with Crippen molar-refractivity contribution < 1.29 is 15.3 Å². The molecule has 0 spiro atoms. The zero-order chi connectivity index (χ0) is 9.86. The summed E-state index contributed by atoms with van der Waals surface area (Å²) < 4.78 is 0. The number of aliphatic hydroxyl groups excluding tert-OH is 3. The van der Waals surface area contributed by atoms with Crippen LogP contribution in [0.4, 0.5) is 0 Å². The van der Waals surface area contributed by atoms with Crippen molar-refractivity contribution in [3.63, 3.8) is 0 Å². The SMILES string of the molecule is CCO.NC(O)=S.NC(O)=S.[NaH]. The van der Waals surface area contributed by atoms with Crippen molar-refractivity contribution in [2.24, 2.45) is 11.5 Å². The number of hydrogen-bond acceptors (Lipinski definition) is 3. The standard InChI is InChI=1S/C2H6O.2CH3NOS.Na.H/c1-2-3;2*2-1(3)4;;/h3H,2H2,1H3;2*(H3,2,3,4);;. The second-order valence-corrected chi connectivity index (χ2v) is 1.83. The number of nitrogens with two attached hydrogens (primary N) is 2. The van der Waals surface area contributed by atoms with E-state index in [1.807, 2.05) is 0 Å². The molecule has 0 amide bonds. The zero-order valence-electron chi connectivity index (χ0n) is 6.02. The fourth-order valence-electron chi connectivity index (χ4n) is 0. The molecule has 0 fully saturated rings. The Morgan fingerprint density at radius 2 is 1.17 bits per heavy atom. The van der Waals surface area contributed by atoms with Crippen LogP contribution in [-0.4, -0.2) is 61.8 Å². The van der Waals surface area contributed by atoms with Crippen molar-refractivity contribution in [3.05, 3.63) is 0 Å². The van der Waals surface area contributed by atoms with Gasteiger partial charge in [-0.05, 0) is 31.4 Å². The monoisotopic (exact) mass is 224 g/mol. The molecule has 0 rings (SSSR count). The Bertz CT molecular complexity index is 94.5.